The molecule has 1 aliphatic heterocycles. The summed E-state index contributed by atoms with van der Waals surface area (Å²) in [5, 5.41) is 6.82. The Kier molecular flexibility index (Phi) is 4.36. The van der Waals surface area contributed by atoms with Gasteiger partial charge in [-0.05, 0) is 31.7 Å². The van der Waals surface area contributed by atoms with Gasteiger partial charge in [0.15, 0.2) is 5.96 Å². The van der Waals surface area contributed by atoms with Gasteiger partial charge in [-0.25, -0.2) is 0 Å². The lowest BCUT2D eigenvalue weighted by Crippen LogP contribution is -2.46. The summed E-state index contributed by atoms with van der Waals surface area (Å²) in [5.41, 5.74) is 1.23. The molecule has 1 aliphatic carbocycles. The zero-order chi connectivity index (χ0) is 15.4. The second-order valence-electron chi connectivity index (χ2n) is 6.17. The Morgan fingerprint density at radius 2 is 2.18 bits per heavy atom. The van der Waals surface area contributed by atoms with Gasteiger partial charge in [-0.15, -0.1) is 6.58 Å². The first-order valence-corrected chi connectivity index (χ1v) is 8.12. The lowest BCUT2D eigenvalue weighted by atomic mass is 9.86. The summed E-state index contributed by atoms with van der Waals surface area (Å²) in [4.78, 5) is 4.31. The van der Waals surface area contributed by atoms with Crippen molar-refractivity contribution in [2.24, 2.45) is 4.99 Å². The predicted molar refractivity (Wildman–Crippen MR) is 90.3 cm³/mol. The second-order valence-corrected chi connectivity index (χ2v) is 6.17. The third-order valence-electron chi connectivity index (χ3n) is 4.66. The average Bonchev–Trinajstić information content (AvgIpc) is 2.98. The van der Waals surface area contributed by atoms with Crippen LogP contribution in [0.4, 0.5) is 0 Å². The molecule has 1 atom stereocenters. The van der Waals surface area contributed by atoms with Crippen molar-refractivity contribution < 1.29 is 4.74 Å². The van der Waals surface area contributed by atoms with E-state index in [1.807, 2.05) is 6.08 Å². The maximum absolute atomic E-state index is 6.39. The van der Waals surface area contributed by atoms with Gasteiger partial charge >= 0.3 is 0 Å². The predicted octanol–water partition coefficient (Wildman–Crippen LogP) is 3.17. The second kappa shape index (κ2) is 6.42. The molecule has 1 aromatic carbocycles. The van der Waals surface area contributed by atoms with Crippen LogP contribution < -0.4 is 15.4 Å². The van der Waals surface area contributed by atoms with Gasteiger partial charge < -0.3 is 15.4 Å². The van der Waals surface area contributed by atoms with Gasteiger partial charge in [0.25, 0.3) is 0 Å². The number of benzene rings is 1. The molecule has 2 aliphatic rings. The number of ether oxygens (including phenoxy) is 1. The van der Waals surface area contributed by atoms with E-state index in [0.717, 1.165) is 31.0 Å². The van der Waals surface area contributed by atoms with Crippen molar-refractivity contribution >= 4 is 5.96 Å². The molecule has 4 nitrogen and oxygen atoms in total. The van der Waals surface area contributed by atoms with Gasteiger partial charge in [0.2, 0.25) is 0 Å². The van der Waals surface area contributed by atoms with E-state index < -0.39 is 0 Å². The molecule has 0 amide bonds. The van der Waals surface area contributed by atoms with Crippen LogP contribution >= 0.6 is 0 Å². The number of nitrogens with one attached hydrogen (secondary N) is 2. The standard InChI is InChI=1S/C18H25N3O/c1-3-12-20-17(19-2)21-15-13-18(10-6-7-11-18)22-16-9-5-4-8-14(15)16/h3-5,8-9,15H,1,6-7,10-13H2,2H3,(H2,19,20,21). The zero-order valence-corrected chi connectivity index (χ0v) is 13.3. The number of aliphatic imine (C=N–C) groups is 1. The minimum atomic E-state index is 0.00328. The first kappa shape index (κ1) is 14.9. The first-order chi connectivity index (χ1) is 10.8. The minimum Gasteiger partial charge on any atom is -0.487 e. The van der Waals surface area contributed by atoms with Gasteiger partial charge in [-0.3, -0.25) is 4.99 Å². The van der Waals surface area contributed by atoms with E-state index in [2.05, 4.69) is 46.5 Å². The maximum Gasteiger partial charge on any atom is 0.191 e. The van der Waals surface area contributed by atoms with E-state index in [1.54, 1.807) is 7.05 Å². The van der Waals surface area contributed by atoms with Crippen LogP contribution in [0, 0.1) is 0 Å². The summed E-state index contributed by atoms with van der Waals surface area (Å²) in [6, 6.07) is 8.59. The van der Waals surface area contributed by atoms with Crippen LogP contribution in [-0.2, 0) is 0 Å². The summed E-state index contributed by atoms with van der Waals surface area (Å²) in [6.45, 7) is 4.45. The zero-order valence-electron chi connectivity index (χ0n) is 13.3. The van der Waals surface area contributed by atoms with Crippen LogP contribution in [0.3, 0.4) is 0 Å². The highest BCUT2D eigenvalue weighted by molar-refractivity contribution is 5.80. The molecule has 3 rings (SSSR count). The quantitative estimate of drug-likeness (QED) is 0.512. The van der Waals surface area contributed by atoms with Gasteiger partial charge in [0, 0.05) is 25.6 Å². The van der Waals surface area contributed by atoms with E-state index >= 15 is 0 Å². The van der Waals surface area contributed by atoms with Crippen LogP contribution in [0.1, 0.15) is 43.7 Å². The Balaban J connectivity index is 1.83. The molecule has 2 N–H and O–H groups in total. The Hall–Kier alpha value is -1.97. The summed E-state index contributed by atoms with van der Waals surface area (Å²) >= 11 is 0. The molecule has 1 unspecified atom stereocenters. The van der Waals surface area contributed by atoms with E-state index in [1.165, 1.54) is 18.4 Å². The molecule has 1 aromatic rings. The Labute approximate surface area is 132 Å². The molecule has 4 heteroatoms. The minimum absolute atomic E-state index is 0.00328. The maximum atomic E-state index is 6.39. The molecule has 0 aromatic heterocycles. The molecule has 1 saturated carbocycles. The number of nitrogens with zero attached hydrogens (tertiary/aromatic N) is 1. The highest BCUT2D eigenvalue weighted by Gasteiger charge is 2.43. The van der Waals surface area contributed by atoms with Crippen molar-refractivity contribution in [1.29, 1.82) is 0 Å². The van der Waals surface area contributed by atoms with E-state index in [9.17, 15) is 0 Å². The molecular weight excluding hydrogens is 274 g/mol. The van der Waals surface area contributed by atoms with Crippen molar-refractivity contribution in [3.05, 3.63) is 42.5 Å². The summed E-state index contributed by atoms with van der Waals surface area (Å²) < 4.78 is 6.39. The Morgan fingerprint density at radius 3 is 2.91 bits per heavy atom. The molecule has 1 fully saturated rings. The third kappa shape index (κ3) is 2.96. The van der Waals surface area contributed by atoms with Gasteiger partial charge in [0.05, 0.1) is 6.04 Å². The number of rotatable bonds is 3. The van der Waals surface area contributed by atoms with E-state index in [0.29, 0.717) is 6.54 Å². The fourth-order valence-corrected chi connectivity index (χ4v) is 3.60. The van der Waals surface area contributed by atoms with Crippen LogP contribution in [-0.4, -0.2) is 25.2 Å². The summed E-state index contributed by atoms with van der Waals surface area (Å²) in [6.07, 6.45) is 7.66. The van der Waals surface area contributed by atoms with Crippen molar-refractivity contribution in [3.63, 3.8) is 0 Å². The van der Waals surface area contributed by atoms with Crippen LogP contribution in [0.2, 0.25) is 0 Å². The number of fused-ring (bicyclic) bond motifs is 1. The van der Waals surface area contributed by atoms with Gasteiger partial charge in [-0.2, -0.15) is 0 Å². The van der Waals surface area contributed by atoms with Crippen LogP contribution in [0.25, 0.3) is 0 Å². The Morgan fingerprint density at radius 1 is 1.41 bits per heavy atom. The lowest BCUT2D eigenvalue weighted by Gasteiger charge is -2.40. The molecule has 0 radical (unpaired) electrons. The third-order valence-corrected chi connectivity index (χ3v) is 4.66. The van der Waals surface area contributed by atoms with Crippen molar-refractivity contribution in [3.8, 4) is 5.75 Å². The molecule has 0 saturated heterocycles. The Bertz CT molecular complexity index is 561. The molecule has 1 heterocycles. The fraction of sp³-hybridized carbons (Fsp3) is 0.500. The van der Waals surface area contributed by atoms with Gasteiger partial charge in [-0.1, -0.05) is 24.3 Å². The fourth-order valence-electron chi connectivity index (χ4n) is 3.60. The SMILES string of the molecule is C=CCNC(=NC)NC1CC2(CCCC2)Oc2ccccc21. The number of hydrogen-bond acceptors (Lipinski definition) is 2. The van der Waals surface area contributed by atoms with Gasteiger partial charge in [0.1, 0.15) is 11.4 Å². The molecule has 0 bridgehead atoms. The first-order valence-electron chi connectivity index (χ1n) is 8.12. The normalized spacial score (nSPS) is 22.8. The monoisotopic (exact) mass is 299 g/mol. The highest BCUT2D eigenvalue weighted by Crippen LogP contribution is 2.46. The summed E-state index contributed by atoms with van der Waals surface area (Å²) in [7, 11) is 1.80. The van der Waals surface area contributed by atoms with Crippen molar-refractivity contribution in [1.82, 2.24) is 10.6 Å². The lowest BCUT2D eigenvalue weighted by molar-refractivity contribution is 0.0396. The molecular formula is C18H25N3O. The molecule has 1 spiro atoms. The smallest absolute Gasteiger partial charge is 0.191 e. The van der Waals surface area contributed by atoms with Crippen molar-refractivity contribution in [2.45, 2.75) is 43.7 Å². The van der Waals surface area contributed by atoms with Crippen LogP contribution in [0.15, 0.2) is 41.9 Å². The topological polar surface area (TPSA) is 45.7 Å². The summed E-state index contributed by atoms with van der Waals surface area (Å²) in [5.74, 6) is 1.84. The molecule has 22 heavy (non-hydrogen) atoms. The van der Waals surface area contributed by atoms with Crippen molar-refractivity contribution in [2.75, 3.05) is 13.6 Å². The van der Waals surface area contributed by atoms with E-state index in [4.69, 9.17) is 4.74 Å². The number of hydrogen-bond donors (Lipinski definition) is 2. The largest absolute Gasteiger partial charge is 0.487 e. The average molecular weight is 299 g/mol. The van der Waals surface area contributed by atoms with Crippen LogP contribution in [0.5, 0.6) is 5.75 Å². The number of guanidine groups is 1. The molecule has 118 valence electrons. The highest BCUT2D eigenvalue weighted by atomic mass is 16.5. The number of para-hydroxylation sites is 1. The van der Waals surface area contributed by atoms with E-state index in [-0.39, 0.29) is 11.6 Å².